The van der Waals surface area contributed by atoms with Crippen LogP contribution in [0.4, 0.5) is 0 Å². The van der Waals surface area contributed by atoms with E-state index in [1.165, 1.54) is 18.4 Å². The van der Waals surface area contributed by atoms with Crippen molar-refractivity contribution in [1.29, 1.82) is 0 Å². The number of halogens is 1. The van der Waals surface area contributed by atoms with E-state index in [-0.39, 0.29) is 5.91 Å². The van der Waals surface area contributed by atoms with E-state index in [9.17, 15) is 4.79 Å². The van der Waals surface area contributed by atoms with Crippen LogP contribution in [0.3, 0.4) is 0 Å². The van der Waals surface area contributed by atoms with Crippen LogP contribution in [0.2, 0.25) is 0 Å². The summed E-state index contributed by atoms with van der Waals surface area (Å²) in [6.07, 6.45) is 3.53. The summed E-state index contributed by atoms with van der Waals surface area (Å²) in [7, 11) is 0. The molecule has 18 heavy (non-hydrogen) atoms. The monoisotopic (exact) mass is 309 g/mol. The van der Waals surface area contributed by atoms with Crippen molar-refractivity contribution in [2.24, 2.45) is 5.92 Å². The molecule has 2 nitrogen and oxygen atoms in total. The van der Waals surface area contributed by atoms with Crippen molar-refractivity contribution in [3.63, 3.8) is 0 Å². The highest BCUT2D eigenvalue weighted by Crippen LogP contribution is 2.27. The van der Waals surface area contributed by atoms with Crippen molar-refractivity contribution in [3.05, 3.63) is 34.9 Å². The van der Waals surface area contributed by atoms with E-state index in [2.05, 4.69) is 21.2 Å². The van der Waals surface area contributed by atoms with Gasteiger partial charge in [0.2, 0.25) is 0 Å². The lowest BCUT2D eigenvalue weighted by atomic mass is 10.0. The summed E-state index contributed by atoms with van der Waals surface area (Å²) in [5.74, 6) is 0.660. The number of nitrogens with one attached hydrogen (secondary N) is 1. The topological polar surface area (TPSA) is 29.1 Å². The largest absolute Gasteiger partial charge is 0.349 e. The van der Waals surface area contributed by atoms with Crippen LogP contribution in [-0.4, -0.2) is 17.3 Å². The Morgan fingerprint density at radius 1 is 1.39 bits per heavy atom. The second-order valence-electron chi connectivity index (χ2n) is 5.17. The van der Waals surface area contributed by atoms with E-state index >= 15 is 0 Å². The Balaban J connectivity index is 2.10. The highest BCUT2D eigenvalue weighted by atomic mass is 79.9. The van der Waals surface area contributed by atoms with Gasteiger partial charge in [0.05, 0.1) is 0 Å². The van der Waals surface area contributed by atoms with Gasteiger partial charge in [-0.3, -0.25) is 4.79 Å². The predicted molar refractivity (Wildman–Crippen MR) is 78.3 cm³/mol. The van der Waals surface area contributed by atoms with Crippen LogP contribution in [0.15, 0.2) is 18.2 Å². The van der Waals surface area contributed by atoms with Gasteiger partial charge >= 0.3 is 0 Å². The maximum atomic E-state index is 12.3. The van der Waals surface area contributed by atoms with Crippen LogP contribution in [0.25, 0.3) is 0 Å². The van der Waals surface area contributed by atoms with Gasteiger partial charge in [0, 0.05) is 16.9 Å². The average Bonchev–Trinajstić information content (AvgIpc) is 2.79. The molecule has 0 bridgehead atoms. The molecule has 1 amide bonds. The SMILES string of the molecule is Cc1cccc(C(=O)NC2CCCC2CBr)c1C. The third kappa shape index (κ3) is 2.77. The zero-order chi connectivity index (χ0) is 13.1. The van der Waals surface area contributed by atoms with Crippen molar-refractivity contribution < 1.29 is 4.79 Å². The molecule has 1 aliphatic rings. The first-order valence-electron chi connectivity index (χ1n) is 6.56. The Morgan fingerprint density at radius 2 is 2.17 bits per heavy atom. The molecule has 1 aromatic rings. The number of carbonyl (C=O) groups excluding carboxylic acids is 1. The maximum Gasteiger partial charge on any atom is 0.251 e. The highest BCUT2D eigenvalue weighted by Gasteiger charge is 2.28. The molecule has 1 saturated carbocycles. The molecule has 2 atom stereocenters. The third-order valence-corrected chi connectivity index (χ3v) is 4.85. The molecule has 0 saturated heterocycles. The third-order valence-electron chi connectivity index (χ3n) is 4.02. The number of benzene rings is 1. The van der Waals surface area contributed by atoms with Gasteiger partial charge in [-0.05, 0) is 49.8 Å². The minimum Gasteiger partial charge on any atom is -0.349 e. The van der Waals surface area contributed by atoms with E-state index in [1.807, 2.05) is 32.0 Å². The molecule has 0 heterocycles. The minimum atomic E-state index is 0.0778. The second-order valence-corrected chi connectivity index (χ2v) is 5.82. The van der Waals surface area contributed by atoms with Crippen LogP contribution in [0.1, 0.15) is 40.7 Å². The molecule has 0 radical (unpaired) electrons. The summed E-state index contributed by atoms with van der Waals surface area (Å²) in [5, 5.41) is 4.17. The summed E-state index contributed by atoms with van der Waals surface area (Å²) in [5.41, 5.74) is 3.07. The van der Waals surface area contributed by atoms with Crippen molar-refractivity contribution >= 4 is 21.8 Å². The molecule has 2 unspecified atom stereocenters. The van der Waals surface area contributed by atoms with E-state index < -0.39 is 0 Å². The smallest absolute Gasteiger partial charge is 0.251 e. The van der Waals surface area contributed by atoms with Crippen LogP contribution in [0.5, 0.6) is 0 Å². The van der Waals surface area contributed by atoms with Crippen molar-refractivity contribution in [3.8, 4) is 0 Å². The lowest BCUT2D eigenvalue weighted by Gasteiger charge is -2.20. The first kappa shape index (κ1) is 13.6. The van der Waals surface area contributed by atoms with Gasteiger partial charge in [-0.2, -0.15) is 0 Å². The number of hydrogen-bond acceptors (Lipinski definition) is 1. The summed E-state index contributed by atoms with van der Waals surface area (Å²) in [6, 6.07) is 6.24. The van der Waals surface area contributed by atoms with E-state index in [0.717, 1.165) is 22.9 Å². The second kappa shape index (κ2) is 5.87. The zero-order valence-corrected chi connectivity index (χ0v) is 12.6. The lowest BCUT2D eigenvalue weighted by Crippen LogP contribution is -2.38. The summed E-state index contributed by atoms with van der Waals surface area (Å²) < 4.78 is 0. The highest BCUT2D eigenvalue weighted by molar-refractivity contribution is 9.09. The van der Waals surface area contributed by atoms with Gasteiger partial charge in [-0.25, -0.2) is 0 Å². The Hall–Kier alpha value is -0.830. The van der Waals surface area contributed by atoms with Gasteiger partial charge < -0.3 is 5.32 Å². The van der Waals surface area contributed by atoms with Crippen molar-refractivity contribution in [2.45, 2.75) is 39.2 Å². The fourth-order valence-corrected chi connectivity index (χ4v) is 3.43. The Morgan fingerprint density at radius 3 is 2.89 bits per heavy atom. The van der Waals surface area contributed by atoms with Crippen LogP contribution >= 0.6 is 15.9 Å². The fraction of sp³-hybridized carbons (Fsp3) is 0.533. The molecule has 0 aromatic heterocycles. The quantitative estimate of drug-likeness (QED) is 0.849. The van der Waals surface area contributed by atoms with E-state index in [0.29, 0.717) is 12.0 Å². The molecule has 1 fully saturated rings. The number of aryl methyl sites for hydroxylation is 1. The maximum absolute atomic E-state index is 12.3. The van der Waals surface area contributed by atoms with Crippen LogP contribution < -0.4 is 5.32 Å². The summed E-state index contributed by atoms with van der Waals surface area (Å²) >= 11 is 3.54. The van der Waals surface area contributed by atoms with E-state index in [4.69, 9.17) is 0 Å². The Labute approximate surface area is 117 Å². The molecular formula is C15H20BrNO. The van der Waals surface area contributed by atoms with Gasteiger partial charge in [0.15, 0.2) is 0 Å². The first-order valence-corrected chi connectivity index (χ1v) is 7.68. The van der Waals surface area contributed by atoms with Gasteiger partial charge in [-0.1, -0.05) is 34.5 Å². The number of carbonyl (C=O) groups is 1. The normalized spacial score (nSPS) is 23.1. The molecule has 0 spiro atoms. The summed E-state index contributed by atoms with van der Waals surface area (Å²) in [6.45, 7) is 4.06. The zero-order valence-electron chi connectivity index (χ0n) is 11.0. The van der Waals surface area contributed by atoms with Crippen LogP contribution in [-0.2, 0) is 0 Å². The molecule has 1 aliphatic carbocycles. The Kier molecular flexibility index (Phi) is 4.44. The van der Waals surface area contributed by atoms with Crippen molar-refractivity contribution in [2.75, 3.05) is 5.33 Å². The standard InChI is InChI=1S/C15H20BrNO/c1-10-5-3-7-13(11(10)2)15(18)17-14-8-4-6-12(14)9-16/h3,5,7,12,14H,4,6,8-9H2,1-2H3,(H,17,18). The molecule has 3 heteroatoms. The first-order chi connectivity index (χ1) is 8.63. The summed E-state index contributed by atoms with van der Waals surface area (Å²) in [4.78, 5) is 12.3. The molecular weight excluding hydrogens is 290 g/mol. The lowest BCUT2D eigenvalue weighted by molar-refractivity contribution is 0.0929. The number of hydrogen-bond donors (Lipinski definition) is 1. The molecule has 98 valence electrons. The Bertz CT molecular complexity index is 444. The molecule has 1 aromatic carbocycles. The molecule has 1 N–H and O–H groups in total. The van der Waals surface area contributed by atoms with Crippen molar-refractivity contribution in [1.82, 2.24) is 5.32 Å². The number of rotatable bonds is 3. The van der Waals surface area contributed by atoms with Crippen LogP contribution in [0, 0.1) is 19.8 Å². The minimum absolute atomic E-state index is 0.0778. The number of amides is 1. The molecule has 0 aliphatic heterocycles. The van der Waals surface area contributed by atoms with Gasteiger partial charge in [0.25, 0.3) is 5.91 Å². The average molecular weight is 310 g/mol. The number of alkyl halides is 1. The molecule has 2 rings (SSSR count). The van der Waals surface area contributed by atoms with Gasteiger partial charge in [-0.15, -0.1) is 0 Å². The predicted octanol–water partition coefficient (Wildman–Crippen LogP) is 3.60. The fourth-order valence-electron chi connectivity index (χ4n) is 2.65. The van der Waals surface area contributed by atoms with Gasteiger partial charge in [0.1, 0.15) is 0 Å². The van der Waals surface area contributed by atoms with E-state index in [1.54, 1.807) is 0 Å².